The topological polar surface area (TPSA) is 81.6 Å². The van der Waals surface area contributed by atoms with Crippen molar-refractivity contribution >= 4 is 25.8 Å². The van der Waals surface area contributed by atoms with Gasteiger partial charge in [0.15, 0.2) is 0 Å². The van der Waals surface area contributed by atoms with E-state index in [9.17, 15) is 9.59 Å². The van der Waals surface area contributed by atoms with Crippen molar-refractivity contribution in [3.63, 3.8) is 0 Å². The molecule has 1 unspecified atom stereocenters. The molecule has 0 bridgehead atoms. The second kappa shape index (κ2) is 7.59. The number of amides is 1. The van der Waals surface area contributed by atoms with Crippen molar-refractivity contribution in [3.8, 4) is 0 Å². The lowest BCUT2D eigenvalue weighted by Gasteiger charge is -2.23. The van der Waals surface area contributed by atoms with Gasteiger partial charge in [-0.05, 0) is 30.2 Å². The molecule has 1 aliphatic heterocycles. The van der Waals surface area contributed by atoms with E-state index < -0.39 is 19.5 Å². The highest BCUT2D eigenvalue weighted by atomic mass is 28.3. The van der Waals surface area contributed by atoms with Crippen molar-refractivity contribution in [1.82, 2.24) is 9.97 Å². The van der Waals surface area contributed by atoms with Gasteiger partial charge >= 0.3 is 5.97 Å². The number of rotatable bonds is 6. The van der Waals surface area contributed by atoms with Gasteiger partial charge in [-0.2, -0.15) is 0 Å². The standard InChI is InChI=1S/C22H27N3O4Si/c1-28-20(26)16-10-15-11-22(12-18(15)24-13-16)17-6-5-7-23-19(17)25(21(22)27)14-29-8-9-30(2,3)4/h5-7,10,13H,8-9,11-12,14H2,1-4H3. The van der Waals surface area contributed by atoms with E-state index in [0.717, 1.165) is 22.9 Å². The molecule has 0 radical (unpaired) electrons. The fraction of sp³-hybridized carbons (Fsp3) is 0.455. The molecule has 1 amide bonds. The highest BCUT2D eigenvalue weighted by molar-refractivity contribution is 6.76. The quantitative estimate of drug-likeness (QED) is 0.402. The first-order valence-corrected chi connectivity index (χ1v) is 13.9. The zero-order valence-corrected chi connectivity index (χ0v) is 18.9. The number of hydrogen-bond acceptors (Lipinski definition) is 6. The summed E-state index contributed by atoms with van der Waals surface area (Å²) in [6.07, 6.45) is 4.20. The van der Waals surface area contributed by atoms with Crippen molar-refractivity contribution in [2.24, 2.45) is 0 Å². The average molecular weight is 426 g/mol. The molecule has 1 aliphatic carbocycles. The van der Waals surface area contributed by atoms with E-state index in [-0.39, 0.29) is 12.6 Å². The number of ether oxygens (including phenoxy) is 2. The summed E-state index contributed by atoms with van der Waals surface area (Å²) >= 11 is 0. The number of nitrogens with zero attached hydrogens (tertiary/aromatic N) is 3. The van der Waals surface area contributed by atoms with Crippen LogP contribution in [0.5, 0.6) is 0 Å². The van der Waals surface area contributed by atoms with Crippen LogP contribution in [0.3, 0.4) is 0 Å². The number of anilines is 1. The average Bonchev–Trinajstić information content (AvgIpc) is 3.21. The molecule has 1 spiro atoms. The number of hydrogen-bond donors (Lipinski definition) is 0. The van der Waals surface area contributed by atoms with Gasteiger partial charge in [-0.1, -0.05) is 25.7 Å². The van der Waals surface area contributed by atoms with Crippen molar-refractivity contribution in [3.05, 3.63) is 53.0 Å². The molecule has 30 heavy (non-hydrogen) atoms. The lowest BCUT2D eigenvalue weighted by atomic mass is 9.79. The van der Waals surface area contributed by atoms with Gasteiger partial charge in [-0.25, -0.2) is 9.78 Å². The number of aromatic nitrogens is 2. The molecular formula is C22H27N3O4Si. The highest BCUT2D eigenvalue weighted by Gasteiger charge is 2.55. The Morgan fingerprint density at radius 2 is 2.07 bits per heavy atom. The maximum absolute atomic E-state index is 13.6. The lowest BCUT2D eigenvalue weighted by Crippen LogP contribution is -2.42. The smallest absolute Gasteiger partial charge is 0.339 e. The Labute approximate surface area is 177 Å². The molecule has 0 saturated carbocycles. The zero-order valence-electron chi connectivity index (χ0n) is 17.9. The van der Waals surface area contributed by atoms with Crippen LogP contribution in [-0.4, -0.2) is 50.4 Å². The van der Waals surface area contributed by atoms with Crippen LogP contribution in [0.4, 0.5) is 5.82 Å². The van der Waals surface area contributed by atoms with E-state index in [1.165, 1.54) is 13.3 Å². The summed E-state index contributed by atoms with van der Waals surface area (Å²) < 4.78 is 10.7. The summed E-state index contributed by atoms with van der Waals surface area (Å²) in [6, 6.07) is 6.66. The van der Waals surface area contributed by atoms with E-state index in [0.29, 0.717) is 30.8 Å². The van der Waals surface area contributed by atoms with E-state index in [2.05, 4.69) is 29.6 Å². The van der Waals surface area contributed by atoms with Crippen LogP contribution in [0.1, 0.15) is 27.2 Å². The normalized spacial score (nSPS) is 19.9. The lowest BCUT2D eigenvalue weighted by molar-refractivity contribution is -0.124. The second-order valence-corrected chi connectivity index (χ2v) is 14.8. The Morgan fingerprint density at radius 3 is 2.80 bits per heavy atom. The van der Waals surface area contributed by atoms with E-state index >= 15 is 0 Å². The fourth-order valence-corrected chi connectivity index (χ4v) is 4.96. The van der Waals surface area contributed by atoms with E-state index in [4.69, 9.17) is 9.47 Å². The van der Waals surface area contributed by atoms with E-state index in [1.54, 1.807) is 17.2 Å². The molecule has 8 heteroatoms. The first-order chi connectivity index (χ1) is 14.2. The summed E-state index contributed by atoms with van der Waals surface area (Å²) in [5.41, 5.74) is 2.31. The number of methoxy groups -OCH3 is 1. The summed E-state index contributed by atoms with van der Waals surface area (Å²) in [7, 11) is 0.141. The number of pyridine rings is 2. The fourth-order valence-electron chi connectivity index (χ4n) is 4.20. The Kier molecular flexibility index (Phi) is 5.23. The molecule has 2 aromatic heterocycles. The minimum absolute atomic E-state index is 0.0122. The number of fused-ring (bicyclic) bond motifs is 3. The predicted molar refractivity (Wildman–Crippen MR) is 115 cm³/mol. The van der Waals surface area contributed by atoms with Crippen LogP contribution >= 0.6 is 0 Å². The van der Waals surface area contributed by atoms with E-state index in [1.807, 2.05) is 12.1 Å². The van der Waals surface area contributed by atoms with Crippen LogP contribution in [0.25, 0.3) is 0 Å². The van der Waals surface area contributed by atoms with Gasteiger partial charge < -0.3 is 9.47 Å². The summed E-state index contributed by atoms with van der Waals surface area (Å²) in [6.45, 7) is 7.74. The van der Waals surface area contributed by atoms with Crippen molar-refractivity contribution in [1.29, 1.82) is 0 Å². The first kappa shape index (κ1) is 20.7. The molecule has 0 fully saturated rings. The van der Waals surface area contributed by atoms with Crippen LogP contribution in [0, 0.1) is 0 Å². The third kappa shape index (κ3) is 3.54. The molecule has 158 valence electrons. The maximum Gasteiger partial charge on any atom is 0.339 e. The van der Waals surface area contributed by atoms with Crippen molar-refractivity contribution in [2.75, 3.05) is 25.3 Å². The van der Waals surface area contributed by atoms with Crippen LogP contribution < -0.4 is 4.90 Å². The molecule has 0 N–H and O–H groups in total. The molecule has 3 heterocycles. The molecule has 4 rings (SSSR count). The van der Waals surface area contributed by atoms with Gasteiger partial charge in [-0.15, -0.1) is 0 Å². The molecule has 0 aromatic carbocycles. The third-order valence-electron chi connectivity index (χ3n) is 5.87. The van der Waals surface area contributed by atoms with Crippen LogP contribution in [0.15, 0.2) is 30.6 Å². The molecule has 2 aliphatic rings. The zero-order chi connectivity index (χ0) is 21.5. The SMILES string of the molecule is COC(=O)c1cnc2c(c1)CC1(C2)C(=O)N(COCC[Si](C)(C)C)c2ncccc21. The van der Waals surface area contributed by atoms with Gasteiger partial charge in [-0.3, -0.25) is 14.7 Å². The molecular weight excluding hydrogens is 398 g/mol. The Hall–Kier alpha value is -2.58. The molecule has 2 aromatic rings. The first-order valence-electron chi connectivity index (χ1n) is 10.2. The van der Waals surface area contributed by atoms with Gasteiger partial charge in [0.25, 0.3) is 0 Å². The van der Waals surface area contributed by atoms with Gasteiger partial charge in [0.1, 0.15) is 12.5 Å². The minimum Gasteiger partial charge on any atom is -0.465 e. The van der Waals surface area contributed by atoms with Gasteiger partial charge in [0.2, 0.25) is 5.91 Å². The van der Waals surface area contributed by atoms with Gasteiger partial charge in [0, 0.05) is 44.8 Å². The summed E-state index contributed by atoms with van der Waals surface area (Å²) in [5.74, 6) is 0.224. The monoisotopic (exact) mass is 425 g/mol. The Morgan fingerprint density at radius 1 is 1.27 bits per heavy atom. The van der Waals surface area contributed by atoms with Crippen LogP contribution in [-0.2, 0) is 32.5 Å². The second-order valence-electron chi connectivity index (χ2n) is 9.21. The Bertz CT molecular complexity index is 1000. The summed E-state index contributed by atoms with van der Waals surface area (Å²) in [5, 5.41) is 0. The number of carbonyl (C=O) groups excluding carboxylic acids is 2. The molecule has 7 nitrogen and oxygen atoms in total. The van der Waals surface area contributed by atoms with Crippen molar-refractivity contribution < 1.29 is 19.1 Å². The molecule has 0 saturated heterocycles. The predicted octanol–water partition coefficient (Wildman–Crippen LogP) is 2.96. The third-order valence-corrected chi connectivity index (χ3v) is 7.58. The van der Waals surface area contributed by atoms with Crippen molar-refractivity contribution in [2.45, 2.75) is 43.9 Å². The highest BCUT2D eigenvalue weighted by Crippen LogP contribution is 2.48. The Balaban J connectivity index is 1.60. The largest absolute Gasteiger partial charge is 0.465 e. The number of carbonyl (C=O) groups is 2. The maximum atomic E-state index is 13.6. The summed E-state index contributed by atoms with van der Waals surface area (Å²) in [4.78, 5) is 36.1. The minimum atomic E-state index is -1.21. The van der Waals surface area contributed by atoms with Gasteiger partial charge in [0.05, 0.1) is 18.1 Å². The molecule has 1 atom stereocenters. The number of esters is 1. The van der Waals surface area contributed by atoms with Crippen LogP contribution in [0.2, 0.25) is 25.7 Å².